The summed E-state index contributed by atoms with van der Waals surface area (Å²) in [5.41, 5.74) is 0.573. The van der Waals surface area contributed by atoms with Gasteiger partial charge < -0.3 is 15.4 Å². The molecule has 1 rings (SSSR count). The summed E-state index contributed by atoms with van der Waals surface area (Å²) >= 11 is 0. The largest absolute Gasteiger partial charge is 0.481 e. The number of benzene rings is 1. The molecule has 0 aliphatic heterocycles. The molecule has 0 fully saturated rings. The Morgan fingerprint density at radius 1 is 1.30 bits per heavy atom. The zero-order valence-corrected chi connectivity index (χ0v) is 12.2. The first-order valence-corrected chi connectivity index (χ1v) is 6.74. The fourth-order valence-corrected chi connectivity index (χ4v) is 1.67. The topological polar surface area (TPSA) is 67.4 Å². The Hall–Kier alpha value is -1.88. The van der Waals surface area contributed by atoms with E-state index in [-0.39, 0.29) is 11.7 Å². The second-order valence-electron chi connectivity index (χ2n) is 4.59. The molecule has 0 aliphatic rings. The minimum atomic E-state index is -0.591. The number of hydrogen-bond donors (Lipinski definition) is 2. The Labute approximate surface area is 119 Å². The van der Waals surface area contributed by atoms with Crippen LogP contribution >= 0.6 is 0 Å². The van der Waals surface area contributed by atoms with Gasteiger partial charge in [0, 0.05) is 12.1 Å². The number of amides is 1. The van der Waals surface area contributed by atoms with Crippen LogP contribution in [0.3, 0.4) is 0 Å². The van der Waals surface area contributed by atoms with Crippen LogP contribution in [0.15, 0.2) is 24.3 Å². The molecule has 20 heavy (non-hydrogen) atoms. The van der Waals surface area contributed by atoms with Gasteiger partial charge in [0.2, 0.25) is 0 Å². The third kappa shape index (κ3) is 5.40. The van der Waals surface area contributed by atoms with Crippen molar-refractivity contribution in [3.05, 3.63) is 29.8 Å². The van der Waals surface area contributed by atoms with Crippen molar-refractivity contribution < 1.29 is 14.3 Å². The Kier molecular flexibility index (Phi) is 6.73. The quantitative estimate of drug-likeness (QED) is 0.557. The van der Waals surface area contributed by atoms with Gasteiger partial charge in [-0.2, -0.15) is 0 Å². The van der Waals surface area contributed by atoms with E-state index in [2.05, 4.69) is 10.6 Å². The highest BCUT2D eigenvalue weighted by Gasteiger charge is 2.14. The van der Waals surface area contributed by atoms with Crippen LogP contribution in [-0.2, 0) is 4.79 Å². The molecular weight excluding hydrogens is 256 g/mol. The predicted octanol–water partition coefficient (Wildman–Crippen LogP) is 1.38. The standard InChI is InChI=1S/C15H22N2O3/c1-11(18)13-6-4-7-14(10-13)20-12(2)15(19)17-9-5-8-16-3/h4,6-7,10,12,16H,5,8-9H2,1-3H3,(H,17,19). The molecule has 110 valence electrons. The van der Waals surface area contributed by atoms with E-state index in [1.807, 2.05) is 7.05 Å². The van der Waals surface area contributed by atoms with Gasteiger partial charge in [-0.15, -0.1) is 0 Å². The van der Waals surface area contributed by atoms with E-state index in [0.29, 0.717) is 17.9 Å². The van der Waals surface area contributed by atoms with E-state index in [9.17, 15) is 9.59 Å². The van der Waals surface area contributed by atoms with E-state index in [4.69, 9.17) is 4.74 Å². The normalized spacial score (nSPS) is 11.8. The summed E-state index contributed by atoms with van der Waals surface area (Å²) in [5.74, 6) is 0.338. The first-order valence-electron chi connectivity index (χ1n) is 6.74. The summed E-state index contributed by atoms with van der Waals surface area (Å²) in [6.07, 6.45) is 0.279. The Bertz CT molecular complexity index is 460. The van der Waals surface area contributed by atoms with Crippen LogP contribution in [0.1, 0.15) is 30.6 Å². The van der Waals surface area contributed by atoms with Gasteiger partial charge in [-0.25, -0.2) is 0 Å². The van der Waals surface area contributed by atoms with Crippen LogP contribution < -0.4 is 15.4 Å². The molecule has 1 amide bonds. The molecule has 0 bridgehead atoms. The lowest BCUT2D eigenvalue weighted by molar-refractivity contribution is -0.127. The summed E-state index contributed by atoms with van der Waals surface area (Å²) in [6.45, 7) is 4.65. The van der Waals surface area contributed by atoms with Gasteiger partial charge in [0.1, 0.15) is 5.75 Å². The number of hydrogen-bond acceptors (Lipinski definition) is 4. The van der Waals surface area contributed by atoms with Crippen LogP contribution in [-0.4, -0.2) is 37.9 Å². The molecule has 1 aromatic carbocycles. The van der Waals surface area contributed by atoms with E-state index in [1.54, 1.807) is 31.2 Å². The predicted molar refractivity (Wildman–Crippen MR) is 78.1 cm³/mol. The third-order valence-corrected chi connectivity index (χ3v) is 2.83. The van der Waals surface area contributed by atoms with E-state index < -0.39 is 6.10 Å². The fourth-order valence-electron chi connectivity index (χ4n) is 1.67. The second kappa shape index (κ2) is 8.32. The number of carbonyl (C=O) groups is 2. The van der Waals surface area contributed by atoms with Gasteiger partial charge >= 0.3 is 0 Å². The van der Waals surface area contributed by atoms with Crippen molar-refractivity contribution in [3.63, 3.8) is 0 Å². The van der Waals surface area contributed by atoms with Gasteiger partial charge in [0.15, 0.2) is 11.9 Å². The van der Waals surface area contributed by atoms with Gasteiger partial charge in [-0.3, -0.25) is 9.59 Å². The SMILES string of the molecule is CNCCCNC(=O)C(C)Oc1cccc(C(C)=O)c1. The molecule has 0 aliphatic carbocycles. The molecule has 1 unspecified atom stereocenters. The molecule has 0 heterocycles. The minimum Gasteiger partial charge on any atom is -0.481 e. The van der Waals surface area contributed by atoms with Crippen molar-refractivity contribution in [2.75, 3.05) is 20.1 Å². The number of Topliss-reactive ketones (excluding diaryl/α,β-unsaturated/α-hetero) is 1. The highest BCUT2D eigenvalue weighted by molar-refractivity contribution is 5.94. The summed E-state index contributed by atoms with van der Waals surface area (Å²) in [4.78, 5) is 23.1. The highest BCUT2D eigenvalue weighted by atomic mass is 16.5. The number of ether oxygens (including phenoxy) is 1. The van der Waals surface area contributed by atoms with Gasteiger partial charge in [0.05, 0.1) is 0 Å². The van der Waals surface area contributed by atoms with Gasteiger partial charge in [0.25, 0.3) is 5.91 Å². The van der Waals surface area contributed by atoms with Crippen LogP contribution in [0.2, 0.25) is 0 Å². The Morgan fingerprint density at radius 3 is 2.70 bits per heavy atom. The highest BCUT2D eigenvalue weighted by Crippen LogP contribution is 2.15. The molecule has 2 N–H and O–H groups in total. The van der Waals surface area contributed by atoms with Gasteiger partial charge in [-0.05, 0) is 46.0 Å². The summed E-state index contributed by atoms with van der Waals surface area (Å²) in [6, 6.07) is 6.84. The van der Waals surface area contributed by atoms with E-state index in [1.165, 1.54) is 6.92 Å². The van der Waals surface area contributed by atoms with Crippen molar-refractivity contribution in [2.24, 2.45) is 0 Å². The van der Waals surface area contributed by atoms with Crippen molar-refractivity contribution in [2.45, 2.75) is 26.4 Å². The van der Waals surface area contributed by atoms with Crippen LogP contribution in [0.5, 0.6) is 5.75 Å². The van der Waals surface area contributed by atoms with E-state index in [0.717, 1.165) is 13.0 Å². The average molecular weight is 278 g/mol. The average Bonchev–Trinajstić information content (AvgIpc) is 2.43. The lowest BCUT2D eigenvalue weighted by atomic mass is 10.1. The first kappa shape index (κ1) is 16.2. The maximum absolute atomic E-state index is 11.8. The molecule has 0 saturated carbocycles. The maximum Gasteiger partial charge on any atom is 0.260 e. The monoisotopic (exact) mass is 278 g/mol. The molecule has 0 radical (unpaired) electrons. The summed E-state index contributed by atoms with van der Waals surface area (Å²) in [5, 5.41) is 5.82. The molecule has 5 heteroatoms. The van der Waals surface area contributed by atoms with Crippen molar-refractivity contribution in [3.8, 4) is 5.75 Å². The summed E-state index contributed by atoms with van der Waals surface area (Å²) in [7, 11) is 1.87. The van der Waals surface area contributed by atoms with Crippen molar-refractivity contribution in [1.82, 2.24) is 10.6 Å². The second-order valence-corrected chi connectivity index (χ2v) is 4.59. The number of carbonyl (C=O) groups excluding carboxylic acids is 2. The zero-order chi connectivity index (χ0) is 15.0. The fraction of sp³-hybridized carbons (Fsp3) is 0.467. The molecule has 1 aromatic rings. The molecule has 1 atom stereocenters. The lowest BCUT2D eigenvalue weighted by Crippen LogP contribution is -2.37. The summed E-state index contributed by atoms with van der Waals surface area (Å²) < 4.78 is 5.54. The molecule has 0 aromatic heterocycles. The maximum atomic E-state index is 11.8. The zero-order valence-electron chi connectivity index (χ0n) is 12.2. The third-order valence-electron chi connectivity index (χ3n) is 2.83. The number of nitrogens with one attached hydrogen (secondary N) is 2. The van der Waals surface area contributed by atoms with E-state index >= 15 is 0 Å². The molecule has 0 saturated heterocycles. The first-order chi connectivity index (χ1) is 9.54. The Morgan fingerprint density at radius 2 is 2.05 bits per heavy atom. The number of ketones is 1. The van der Waals surface area contributed by atoms with Crippen molar-refractivity contribution in [1.29, 1.82) is 0 Å². The van der Waals surface area contributed by atoms with Crippen LogP contribution in [0, 0.1) is 0 Å². The smallest absolute Gasteiger partial charge is 0.260 e. The van der Waals surface area contributed by atoms with Gasteiger partial charge in [-0.1, -0.05) is 12.1 Å². The molecule has 5 nitrogen and oxygen atoms in total. The number of rotatable bonds is 8. The molecular formula is C15H22N2O3. The minimum absolute atomic E-state index is 0.0281. The Balaban J connectivity index is 2.48. The lowest BCUT2D eigenvalue weighted by Gasteiger charge is -2.15. The van der Waals surface area contributed by atoms with Crippen molar-refractivity contribution >= 4 is 11.7 Å². The van der Waals surface area contributed by atoms with Crippen LogP contribution in [0.25, 0.3) is 0 Å². The van der Waals surface area contributed by atoms with Crippen LogP contribution in [0.4, 0.5) is 0 Å². The molecule has 0 spiro atoms.